The zero-order chi connectivity index (χ0) is 23.7. The van der Waals surface area contributed by atoms with Crippen LogP contribution in [0.5, 0.6) is 5.75 Å². The number of methoxy groups -OCH3 is 1. The first-order valence-corrected chi connectivity index (χ1v) is 12.9. The van der Waals surface area contributed by atoms with Gasteiger partial charge in [-0.2, -0.15) is 0 Å². The number of carbonyl (C=O) groups is 2. The Morgan fingerprint density at radius 1 is 0.912 bits per heavy atom. The van der Waals surface area contributed by atoms with E-state index in [9.17, 15) is 9.59 Å². The fraction of sp³-hybridized carbons (Fsp3) is 0.517. The van der Waals surface area contributed by atoms with Gasteiger partial charge in [0.1, 0.15) is 5.75 Å². The summed E-state index contributed by atoms with van der Waals surface area (Å²) in [5.74, 6) is 1.27. The van der Waals surface area contributed by atoms with Gasteiger partial charge in [-0.1, -0.05) is 56.5 Å². The predicted octanol–water partition coefficient (Wildman–Crippen LogP) is 5.57. The summed E-state index contributed by atoms with van der Waals surface area (Å²) in [5, 5.41) is 0. The van der Waals surface area contributed by atoms with Crippen molar-refractivity contribution < 1.29 is 14.3 Å². The molecule has 5 heteroatoms. The van der Waals surface area contributed by atoms with Crippen molar-refractivity contribution in [3.63, 3.8) is 0 Å². The van der Waals surface area contributed by atoms with Gasteiger partial charge in [-0.3, -0.25) is 9.59 Å². The minimum Gasteiger partial charge on any atom is -0.497 e. The van der Waals surface area contributed by atoms with Crippen molar-refractivity contribution in [1.82, 2.24) is 9.80 Å². The first kappa shape index (κ1) is 22.9. The van der Waals surface area contributed by atoms with Crippen LogP contribution in [0.1, 0.15) is 85.3 Å². The van der Waals surface area contributed by atoms with Gasteiger partial charge >= 0.3 is 0 Å². The maximum absolute atomic E-state index is 14.2. The van der Waals surface area contributed by atoms with Gasteiger partial charge in [0.15, 0.2) is 0 Å². The van der Waals surface area contributed by atoms with E-state index in [1.807, 2.05) is 53.4 Å². The molecule has 0 bridgehead atoms. The number of hydrogen-bond donors (Lipinski definition) is 0. The molecule has 0 spiro atoms. The molecule has 2 aliphatic heterocycles. The van der Waals surface area contributed by atoms with Crippen LogP contribution in [0.15, 0.2) is 48.5 Å². The molecular formula is C29H36N2O3. The number of benzene rings is 2. The highest BCUT2D eigenvalue weighted by Gasteiger charge is 2.47. The Bertz CT molecular complexity index is 1020. The maximum Gasteiger partial charge on any atom is 0.254 e. The molecular weight excluding hydrogens is 424 g/mol. The van der Waals surface area contributed by atoms with Crippen molar-refractivity contribution in [2.24, 2.45) is 5.92 Å². The van der Waals surface area contributed by atoms with E-state index in [-0.39, 0.29) is 23.9 Å². The number of hydrogen-bond acceptors (Lipinski definition) is 3. The van der Waals surface area contributed by atoms with Crippen LogP contribution >= 0.6 is 0 Å². The number of likely N-dealkylation sites (tertiary alicyclic amines) is 1. The molecule has 34 heavy (non-hydrogen) atoms. The lowest BCUT2D eigenvalue weighted by atomic mass is 9.76. The zero-order valence-corrected chi connectivity index (χ0v) is 20.4. The highest BCUT2D eigenvalue weighted by atomic mass is 16.5. The van der Waals surface area contributed by atoms with Crippen LogP contribution in [-0.4, -0.2) is 47.9 Å². The topological polar surface area (TPSA) is 49.9 Å². The molecule has 5 rings (SSSR count). The molecule has 1 saturated carbocycles. The molecule has 2 amide bonds. The molecule has 1 aliphatic carbocycles. The summed E-state index contributed by atoms with van der Waals surface area (Å²) in [6.07, 6.45) is 7.57. The third-order valence-electron chi connectivity index (χ3n) is 8.16. The van der Waals surface area contributed by atoms with Crippen LogP contribution in [0.4, 0.5) is 0 Å². The minimum atomic E-state index is -0.391. The van der Waals surface area contributed by atoms with E-state index in [0.29, 0.717) is 11.5 Å². The van der Waals surface area contributed by atoms with E-state index >= 15 is 0 Å². The Labute approximate surface area is 203 Å². The lowest BCUT2D eigenvalue weighted by Crippen LogP contribution is -2.53. The molecule has 180 valence electrons. The quantitative estimate of drug-likeness (QED) is 0.600. The average molecular weight is 461 g/mol. The van der Waals surface area contributed by atoms with Gasteiger partial charge in [0.05, 0.1) is 19.1 Å². The van der Waals surface area contributed by atoms with Gasteiger partial charge in [-0.15, -0.1) is 0 Å². The van der Waals surface area contributed by atoms with Crippen LogP contribution in [0.2, 0.25) is 0 Å². The number of fused-ring (bicyclic) bond motifs is 1. The molecule has 2 atom stereocenters. The summed E-state index contributed by atoms with van der Waals surface area (Å²) in [5.41, 5.74) is 2.59. The van der Waals surface area contributed by atoms with Crippen molar-refractivity contribution in [1.29, 1.82) is 0 Å². The second-order valence-electron chi connectivity index (χ2n) is 10.3. The Morgan fingerprint density at radius 2 is 1.59 bits per heavy atom. The third kappa shape index (κ3) is 4.21. The van der Waals surface area contributed by atoms with Gasteiger partial charge < -0.3 is 14.5 Å². The molecule has 5 nitrogen and oxygen atoms in total. The van der Waals surface area contributed by atoms with Crippen LogP contribution < -0.4 is 4.74 Å². The van der Waals surface area contributed by atoms with Gasteiger partial charge in [0.25, 0.3) is 5.91 Å². The number of nitrogens with zero attached hydrogens (tertiary/aromatic N) is 2. The van der Waals surface area contributed by atoms with Crippen LogP contribution in [0.3, 0.4) is 0 Å². The van der Waals surface area contributed by atoms with Crippen molar-refractivity contribution in [2.45, 2.75) is 69.9 Å². The van der Waals surface area contributed by atoms with Crippen molar-refractivity contribution in [3.8, 4) is 5.75 Å². The molecule has 2 fully saturated rings. The summed E-state index contributed by atoms with van der Waals surface area (Å²) in [4.78, 5) is 32.3. The van der Waals surface area contributed by atoms with E-state index in [2.05, 4.69) is 11.8 Å². The molecule has 0 aromatic heterocycles. The lowest BCUT2D eigenvalue weighted by Gasteiger charge is -2.48. The average Bonchev–Trinajstić information content (AvgIpc) is 2.89. The predicted molar refractivity (Wildman–Crippen MR) is 133 cm³/mol. The first-order chi connectivity index (χ1) is 16.6. The number of carbonyl (C=O) groups excluding carboxylic acids is 2. The number of ether oxygens (including phenoxy) is 1. The van der Waals surface area contributed by atoms with E-state index in [1.165, 1.54) is 6.42 Å². The number of piperidine rings is 1. The monoisotopic (exact) mass is 460 g/mol. The van der Waals surface area contributed by atoms with Crippen LogP contribution in [0, 0.1) is 5.92 Å². The van der Waals surface area contributed by atoms with E-state index in [4.69, 9.17) is 4.74 Å². The van der Waals surface area contributed by atoms with E-state index in [1.54, 1.807) is 7.11 Å². The van der Waals surface area contributed by atoms with E-state index in [0.717, 1.165) is 68.5 Å². The minimum absolute atomic E-state index is 0.0691. The molecule has 0 radical (unpaired) electrons. The summed E-state index contributed by atoms with van der Waals surface area (Å²) in [6.45, 7) is 3.86. The fourth-order valence-corrected chi connectivity index (χ4v) is 6.16. The Morgan fingerprint density at radius 3 is 2.26 bits per heavy atom. The van der Waals surface area contributed by atoms with Crippen molar-refractivity contribution in [3.05, 3.63) is 65.2 Å². The Kier molecular flexibility index (Phi) is 6.62. The Hall–Kier alpha value is -2.82. The summed E-state index contributed by atoms with van der Waals surface area (Å²) in [6, 6.07) is 15.6. The largest absolute Gasteiger partial charge is 0.497 e. The van der Waals surface area contributed by atoms with Gasteiger partial charge in [0, 0.05) is 24.7 Å². The smallest absolute Gasteiger partial charge is 0.254 e. The highest BCUT2D eigenvalue weighted by molar-refractivity contribution is 6.01. The third-order valence-corrected chi connectivity index (χ3v) is 8.16. The van der Waals surface area contributed by atoms with Gasteiger partial charge in [-0.25, -0.2) is 0 Å². The molecule has 2 heterocycles. The lowest BCUT2D eigenvalue weighted by molar-refractivity contribution is -0.136. The Balaban J connectivity index is 1.63. The van der Waals surface area contributed by atoms with Crippen molar-refractivity contribution >= 4 is 11.8 Å². The second-order valence-corrected chi connectivity index (χ2v) is 10.3. The molecule has 0 N–H and O–H groups in total. The zero-order valence-electron chi connectivity index (χ0n) is 20.4. The number of amides is 2. The van der Waals surface area contributed by atoms with Crippen molar-refractivity contribution in [2.75, 3.05) is 20.2 Å². The van der Waals surface area contributed by atoms with Gasteiger partial charge in [0.2, 0.25) is 5.91 Å². The maximum atomic E-state index is 14.2. The standard InChI is InChI=1S/C29H36N2O3/c1-20-16-18-30(19-17-20)29(33)26-24-10-6-7-11-25(24)28(32)31(22-8-4-3-5-9-22)27(26)21-12-14-23(34-2)15-13-21/h6-7,10-15,20,22,26-27H,3-5,8-9,16-19H2,1-2H3/t26-,27-/m0/s1. The van der Waals surface area contributed by atoms with Crippen LogP contribution in [0.25, 0.3) is 0 Å². The normalized spacial score (nSPS) is 24.1. The summed E-state index contributed by atoms with van der Waals surface area (Å²) >= 11 is 0. The molecule has 2 aromatic rings. The number of rotatable bonds is 4. The molecule has 3 aliphatic rings. The fourth-order valence-electron chi connectivity index (χ4n) is 6.16. The summed E-state index contributed by atoms with van der Waals surface area (Å²) in [7, 11) is 1.66. The van der Waals surface area contributed by atoms with E-state index < -0.39 is 5.92 Å². The summed E-state index contributed by atoms with van der Waals surface area (Å²) < 4.78 is 5.40. The molecule has 2 aromatic carbocycles. The van der Waals surface area contributed by atoms with Gasteiger partial charge in [-0.05, 0) is 60.9 Å². The molecule has 0 unspecified atom stereocenters. The SMILES string of the molecule is COc1ccc([C@H]2[C@@H](C(=O)N3CCC(C)CC3)c3ccccc3C(=O)N2C2CCCCC2)cc1. The molecule has 1 saturated heterocycles. The first-order valence-electron chi connectivity index (χ1n) is 12.9. The van der Waals surface area contributed by atoms with Crippen LogP contribution in [-0.2, 0) is 4.79 Å². The highest BCUT2D eigenvalue weighted by Crippen LogP contribution is 2.47. The second kappa shape index (κ2) is 9.81.